The second kappa shape index (κ2) is 4.60. The molecule has 0 fully saturated rings. The summed E-state index contributed by atoms with van der Waals surface area (Å²) in [5.74, 6) is 0.777. The highest BCUT2D eigenvalue weighted by Crippen LogP contribution is 2.25. The number of ether oxygens (including phenoxy) is 1. The van der Waals surface area contributed by atoms with Crippen molar-refractivity contribution in [3.63, 3.8) is 0 Å². The highest BCUT2D eigenvalue weighted by molar-refractivity contribution is 9.10. The molecule has 13 heavy (non-hydrogen) atoms. The summed E-state index contributed by atoms with van der Waals surface area (Å²) in [5.41, 5.74) is 1.00. The monoisotopic (exact) mass is 245 g/mol. The molecule has 0 amide bonds. The fourth-order valence-corrected chi connectivity index (χ4v) is 1.48. The van der Waals surface area contributed by atoms with E-state index in [-0.39, 0.29) is 0 Å². The van der Waals surface area contributed by atoms with E-state index in [0.29, 0.717) is 6.54 Å². The topological polar surface area (TPSA) is 32.7 Å². The smallest absolute Gasteiger partial charge is 0.133 e. The van der Waals surface area contributed by atoms with Crippen molar-refractivity contribution in [2.75, 3.05) is 14.2 Å². The Kier molecular flexibility index (Phi) is 3.71. The summed E-state index contributed by atoms with van der Waals surface area (Å²) in [7, 11) is 3.22. The second-order valence-corrected chi connectivity index (χ2v) is 3.64. The third kappa shape index (κ3) is 2.99. The van der Waals surface area contributed by atoms with Gasteiger partial charge in [0.2, 0.25) is 0 Å². The van der Waals surface area contributed by atoms with Gasteiger partial charge in [-0.05, 0) is 33.6 Å². The quantitative estimate of drug-likeness (QED) is 0.830. The molecule has 0 aliphatic carbocycles. The highest BCUT2D eigenvalue weighted by atomic mass is 79.9. The van der Waals surface area contributed by atoms with Crippen LogP contribution in [-0.4, -0.2) is 24.4 Å². The molecule has 1 aromatic carbocycles. The minimum absolute atomic E-state index is 0.490. The number of hydroxylamine groups is 2. The van der Waals surface area contributed by atoms with Crippen LogP contribution in [0.5, 0.6) is 5.75 Å². The van der Waals surface area contributed by atoms with Gasteiger partial charge < -0.3 is 9.94 Å². The molecule has 4 heteroatoms. The molecular formula is C9H12BrNO2. The van der Waals surface area contributed by atoms with Gasteiger partial charge in [-0.3, -0.25) is 0 Å². The molecule has 0 heterocycles. The number of nitrogens with zero attached hydrogens (tertiary/aromatic N) is 1. The maximum Gasteiger partial charge on any atom is 0.133 e. The largest absolute Gasteiger partial charge is 0.496 e. The molecule has 0 saturated heterocycles. The van der Waals surface area contributed by atoms with Crippen LogP contribution in [0, 0.1) is 0 Å². The summed E-state index contributed by atoms with van der Waals surface area (Å²) >= 11 is 3.36. The van der Waals surface area contributed by atoms with Crippen LogP contribution in [0.1, 0.15) is 5.56 Å². The van der Waals surface area contributed by atoms with Crippen molar-refractivity contribution < 1.29 is 9.94 Å². The number of benzene rings is 1. The molecule has 1 aromatic rings. The van der Waals surface area contributed by atoms with Crippen molar-refractivity contribution in [1.82, 2.24) is 5.06 Å². The van der Waals surface area contributed by atoms with Crippen LogP contribution in [0.2, 0.25) is 0 Å². The zero-order valence-corrected chi connectivity index (χ0v) is 9.21. The van der Waals surface area contributed by atoms with Crippen molar-refractivity contribution in [2.24, 2.45) is 0 Å². The summed E-state index contributed by atoms with van der Waals surface area (Å²) in [6.07, 6.45) is 0. The van der Waals surface area contributed by atoms with Crippen molar-refractivity contribution in [2.45, 2.75) is 6.54 Å². The Labute approximate surface area is 86.0 Å². The Bertz CT molecular complexity index is 289. The predicted octanol–water partition coefficient (Wildman–Crippen LogP) is 2.28. The lowest BCUT2D eigenvalue weighted by Crippen LogP contribution is -2.11. The summed E-state index contributed by atoms with van der Waals surface area (Å²) in [6, 6.07) is 5.72. The van der Waals surface area contributed by atoms with E-state index in [1.54, 1.807) is 14.2 Å². The van der Waals surface area contributed by atoms with Crippen LogP contribution in [0.4, 0.5) is 0 Å². The lowest BCUT2D eigenvalue weighted by atomic mass is 10.2. The Morgan fingerprint density at radius 1 is 1.54 bits per heavy atom. The third-order valence-corrected chi connectivity index (χ3v) is 2.28. The van der Waals surface area contributed by atoms with Gasteiger partial charge in [-0.1, -0.05) is 6.07 Å². The Morgan fingerprint density at radius 2 is 2.23 bits per heavy atom. The van der Waals surface area contributed by atoms with Crippen LogP contribution in [0.3, 0.4) is 0 Å². The molecule has 0 spiro atoms. The lowest BCUT2D eigenvalue weighted by molar-refractivity contribution is -0.0731. The van der Waals surface area contributed by atoms with Crippen LogP contribution in [0.25, 0.3) is 0 Å². The standard InChI is InChI=1S/C9H12BrNO2/c1-11(12)6-7-3-4-8(10)9(5-7)13-2/h3-5,12H,6H2,1-2H3. The molecule has 3 nitrogen and oxygen atoms in total. The number of hydrogen-bond donors (Lipinski definition) is 1. The molecule has 1 N–H and O–H groups in total. The first-order valence-corrected chi connectivity index (χ1v) is 4.65. The van der Waals surface area contributed by atoms with Gasteiger partial charge in [0.15, 0.2) is 0 Å². The first-order valence-electron chi connectivity index (χ1n) is 3.86. The second-order valence-electron chi connectivity index (χ2n) is 2.78. The van der Waals surface area contributed by atoms with Crippen molar-refractivity contribution >= 4 is 15.9 Å². The molecule has 1 rings (SSSR count). The van der Waals surface area contributed by atoms with Crippen LogP contribution in [-0.2, 0) is 6.54 Å². The third-order valence-electron chi connectivity index (χ3n) is 1.63. The normalized spacial score (nSPS) is 10.5. The van der Waals surface area contributed by atoms with E-state index in [0.717, 1.165) is 20.8 Å². The molecule has 0 saturated carbocycles. The molecule has 0 bridgehead atoms. The predicted molar refractivity (Wildman–Crippen MR) is 53.9 cm³/mol. The van der Waals surface area contributed by atoms with Gasteiger partial charge in [0.05, 0.1) is 11.6 Å². The highest BCUT2D eigenvalue weighted by Gasteiger charge is 2.02. The van der Waals surface area contributed by atoms with Gasteiger partial charge >= 0.3 is 0 Å². The van der Waals surface area contributed by atoms with Crippen molar-refractivity contribution in [3.05, 3.63) is 28.2 Å². The van der Waals surface area contributed by atoms with Gasteiger partial charge in [0, 0.05) is 13.6 Å². The molecule has 0 radical (unpaired) electrons. The van der Waals surface area contributed by atoms with E-state index in [1.807, 2.05) is 18.2 Å². The minimum Gasteiger partial charge on any atom is -0.496 e. The summed E-state index contributed by atoms with van der Waals surface area (Å²) in [6.45, 7) is 0.490. The lowest BCUT2D eigenvalue weighted by Gasteiger charge is -2.10. The maximum absolute atomic E-state index is 9.02. The Hall–Kier alpha value is -0.580. The van der Waals surface area contributed by atoms with E-state index in [1.165, 1.54) is 0 Å². The number of halogens is 1. The number of hydrogen-bond acceptors (Lipinski definition) is 3. The summed E-state index contributed by atoms with van der Waals surface area (Å²) < 4.78 is 6.04. The molecule has 72 valence electrons. The zero-order valence-electron chi connectivity index (χ0n) is 7.62. The van der Waals surface area contributed by atoms with Crippen molar-refractivity contribution in [1.29, 1.82) is 0 Å². The summed E-state index contributed by atoms with van der Waals surface area (Å²) in [4.78, 5) is 0. The minimum atomic E-state index is 0.490. The van der Waals surface area contributed by atoms with Crippen LogP contribution >= 0.6 is 15.9 Å². The fraction of sp³-hybridized carbons (Fsp3) is 0.333. The summed E-state index contributed by atoms with van der Waals surface area (Å²) in [5, 5.41) is 10.1. The van der Waals surface area contributed by atoms with E-state index < -0.39 is 0 Å². The SMILES string of the molecule is COc1cc(CN(C)O)ccc1Br. The van der Waals surface area contributed by atoms with Gasteiger partial charge in [-0.2, -0.15) is 5.06 Å². The number of rotatable bonds is 3. The van der Waals surface area contributed by atoms with Gasteiger partial charge in [0.25, 0.3) is 0 Å². The van der Waals surface area contributed by atoms with E-state index in [4.69, 9.17) is 9.94 Å². The molecule has 0 unspecified atom stereocenters. The Morgan fingerprint density at radius 3 is 2.77 bits per heavy atom. The van der Waals surface area contributed by atoms with E-state index in [2.05, 4.69) is 15.9 Å². The average molecular weight is 246 g/mol. The van der Waals surface area contributed by atoms with Gasteiger partial charge in [0.1, 0.15) is 5.75 Å². The van der Waals surface area contributed by atoms with Crippen molar-refractivity contribution in [3.8, 4) is 5.75 Å². The molecule has 0 atom stereocenters. The van der Waals surface area contributed by atoms with Gasteiger partial charge in [-0.25, -0.2) is 0 Å². The van der Waals surface area contributed by atoms with Gasteiger partial charge in [-0.15, -0.1) is 0 Å². The maximum atomic E-state index is 9.02. The number of methoxy groups -OCH3 is 1. The molecule has 0 aromatic heterocycles. The zero-order chi connectivity index (χ0) is 9.84. The van der Waals surface area contributed by atoms with E-state index in [9.17, 15) is 0 Å². The molecular weight excluding hydrogens is 234 g/mol. The molecule has 0 aliphatic rings. The first kappa shape index (κ1) is 10.5. The molecule has 0 aliphatic heterocycles. The van der Waals surface area contributed by atoms with Crippen LogP contribution in [0.15, 0.2) is 22.7 Å². The van der Waals surface area contributed by atoms with E-state index >= 15 is 0 Å². The van der Waals surface area contributed by atoms with Crippen LogP contribution < -0.4 is 4.74 Å². The average Bonchev–Trinajstić information content (AvgIpc) is 2.07. The first-order chi connectivity index (χ1) is 6.13. The Balaban J connectivity index is 2.86. The fourth-order valence-electron chi connectivity index (χ4n) is 1.07.